The SMILES string of the molecule is Cn1cc(-c2cc(-c3ccc(F)c(F)c3)ncc2Oc2cc(F)c(S(=O)(=O)N(C(=O)O)c3cscn3)cc2Cl)cn1. The normalized spacial score (nSPS) is 11.4. The van der Waals surface area contributed by atoms with Crippen LogP contribution in [0.25, 0.3) is 22.4 Å². The maximum absolute atomic E-state index is 15.2. The van der Waals surface area contributed by atoms with Gasteiger partial charge in [-0.05, 0) is 30.3 Å². The summed E-state index contributed by atoms with van der Waals surface area (Å²) in [6.45, 7) is 0. The van der Waals surface area contributed by atoms with Crippen LogP contribution in [0, 0.1) is 17.5 Å². The average molecular weight is 622 g/mol. The Kier molecular flexibility index (Phi) is 7.42. The second kappa shape index (κ2) is 10.8. The molecule has 0 radical (unpaired) electrons. The van der Waals surface area contributed by atoms with Crippen molar-refractivity contribution in [2.24, 2.45) is 7.05 Å². The fraction of sp³-hybridized carbons (Fsp3) is 0.0400. The molecule has 3 aromatic heterocycles. The Balaban J connectivity index is 1.56. The smallest absolute Gasteiger partial charge is 0.427 e. The van der Waals surface area contributed by atoms with Crippen LogP contribution in [0.15, 0.2) is 70.8 Å². The molecule has 2 aromatic carbocycles. The minimum Gasteiger partial charge on any atom is -0.464 e. The molecule has 0 saturated heterocycles. The zero-order valence-electron chi connectivity index (χ0n) is 20.5. The van der Waals surface area contributed by atoms with Crippen molar-refractivity contribution in [1.82, 2.24) is 19.7 Å². The van der Waals surface area contributed by atoms with Crippen molar-refractivity contribution in [1.29, 1.82) is 0 Å². The van der Waals surface area contributed by atoms with E-state index >= 15 is 4.39 Å². The molecule has 16 heteroatoms. The van der Waals surface area contributed by atoms with Crippen LogP contribution in [0.5, 0.6) is 11.5 Å². The summed E-state index contributed by atoms with van der Waals surface area (Å²) in [6, 6.07) is 6.19. The number of thiazole rings is 1. The monoisotopic (exact) mass is 621 g/mol. The van der Waals surface area contributed by atoms with Crippen LogP contribution >= 0.6 is 22.9 Å². The van der Waals surface area contributed by atoms with E-state index in [1.165, 1.54) is 40.1 Å². The van der Waals surface area contributed by atoms with Crippen LogP contribution in [0.4, 0.5) is 23.8 Å². The number of amides is 1. The lowest BCUT2D eigenvalue weighted by Crippen LogP contribution is -2.36. The Labute approximate surface area is 238 Å². The van der Waals surface area contributed by atoms with E-state index in [1.54, 1.807) is 13.2 Å². The lowest BCUT2D eigenvalue weighted by molar-refractivity contribution is 0.206. The molecule has 0 bridgehead atoms. The summed E-state index contributed by atoms with van der Waals surface area (Å²) < 4.78 is 75.9. The Hall–Kier alpha value is -4.47. The maximum atomic E-state index is 15.2. The molecule has 10 nitrogen and oxygen atoms in total. The molecular formula is C25H15ClF3N5O5S2. The third-order valence-electron chi connectivity index (χ3n) is 5.62. The summed E-state index contributed by atoms with van der Waals surface area (Å²) in [5, 5.41) is 14.4. The third kappa shape index (κ3) is 5.46. The maximum Gasteiger partial charge on any atom is 0.427 e. The number of benzene rings is 2. The first-order valence-corrected chi connectivity index (χ1v) is 14.0. The molecule has 0 saturated carbocycles. The van der Waals surface area contributed by atoms with Gasteiger partial charge >= 0.3 is 6.09 Å². The predicted molar refractivity (Wildman–Crippen MR) is 143 cm³/mol. The lowest BCUT2D eigenvalue weighted by atomic mass is 10.0. The lowest BCUT2D eigenvalue weighted by Gasteiger charge is -2.18. The fourth-order valence-electron chi connectivity index (χ4n) is 3.76. The first-order chi connectivity index (χ1) is 19.5. The van der Waals surface area contributed by atoms with Gasteiger partial charge in [-0.3, -0.25) is 9.67 Å². The van der Waals surface area contributed by atoms with Gasteiger partial charge in [0.2, 0.25) is 0 Å². The summed E-state index contributed by atoms with van der Waals surface area (Å²) in [7, 11) is -3.31. The Morgan fingerprint density at radius 1 is 1.02 bits per heavy atom. The minimum atomic E-state index is -4.98. The number of carbonyl (C=O) groups is 1. The summed E-state index contributed by atoms with van der Waals surface area (Å²) in [5.74, 6) is -4.16. The molecule has 0 aliphatic heterocycles. The van der Waals surface area contributed by atoms with Gasteiger partial charge in [0.1, 0.15) is 16.5 Å². The number of carboxylic acid groups (broad SMARTS) is 1. The highest BCUT2D eigenvalue weighted by Gasteiger charge is 2.35. The number of halogens is 4. The molecule has 0 unspecified atom stereocenters. The Morgan fingerprint density at radius 3 is 2.44 bits per heavy atom. The zero-order chi connectivity index (χ0) is 29.5. The molecule has 5 rings (SSSR count). The largest absolute Gasteiger partial charge is 0.464 e. The highest BCUT2D eigenvalue weighted by Crippen LogP contribution is 2.40. The van der Waals surface area contributed by atoms with Gasteiger partial charge in [-0.1, -0.05) is 11.6 Å². The van der Waals surface area contributed by atoms with Crippen molar-refractivity contribution in [3.63, 3.8) is 0 Å². The van der Waals surface area contributed by atoms with Gasteiger partial charge in [-0.15, -0.1) is 15.6 Å². The van der Waals surface area contributed by atoms with E-state index in [-0.39, 0.29) is 32.1 Å². The van der Waals surface area contributed by atoms with Crippen LogP contribution in [-0.4, -0.2) is 39.4 Å². The molecule has 0 spiro atoms. The van der Waals surface area contributed by atoms with Crippen molar-refractivity contribution in [2.75, 3.05) is 4.31 Å². The number of nitrogens with zero attached hydrogens (tertiary/aromatic N) is 5. The first-order valence-electron chi connectivity index (χ1n) is 11.2. The molecule has 5 aromatic rings. The van der Waals surface area contributed by atoms with Crippen LogP contribution < -0.4 is 9.04 Å². The van der Waals surface area contributed by atoms with Crippen LogP contribution in [0.2, 0.25) is 5.02 Å². The fourth-order valence-corrected chi connectivity index (χ4v) is 5.93. The molecule has 41 heavy (non-hydrogen) atoms. The van der Waals surface area contributed by atoms with E-state index < -0.39 is 44.3 Å². The number of sulfonamides is 1. The summed E-state index contributed by atoms with van der Waals surface area (Å²) in [4.78, 5) is 18.6. The van der Waals surface area contributed by atoms with Crippen molar-refractivity contribution in [2.45, 2.75) is 4.90 Å². The highest BCUT2D eigenvalue weighted by atomic mass is 35.5. The zero-order valence-corrected chi connectivity index (χ0v) is 22.9. The van der Waals surface area contributed by atoms with Gasteiger partial charge in [0.15, 0.2) is 23.2 Å². The van der Waals surface area contributed by atoms with Gasteiger partial charge in [0.05, 0.1) is 28.6 Å². The van der Waals surface area contributed by atoms with Gasteiger partial charge in [-0.25, -0.2) is 31.4 Å². The number of ether oxygens (including phenoxy) is 1. The minimum absolute atomic E-state index is 0.0378. The standard InChI is InChI=1S/C25H15ClF3N5O5S2/c1-33-10-14(8-32-33)15-5-20(13-2-3-17(27)18(28)4-13)30-9-22(15)39-21-7-19(29)23(6-16(21)26)41(37,38)34(25(35)36)24-11-40-12-31-24/h2-12H,1H3,(H,35,36). The molecular weight excluding hydrogens is 607 g/mol. The molecule has 0 aliphatic carbocycles. The van der Waals surface area contributed by atoms with Crippen molar-refractivity contribution >= 4 is 44.9 Å². The number of pyridine rings is 1. The molecule has 1 N–H and O–H groups in total. The Bertz CT molecular complexity index is 1900. The van der Waals surface area contributed by atoms with E-state index in [2.05, 4.69) is 15.1 Å². The number of hydrogen-bond acceptors (Lipinski definition) is 8. The van der Waals surface area contributed by atoms with Gasteiger partial charge < -0.3 is 9.84 Å². The second-order valence-corrected chi connectivity index (χ2v) is 11.2. The predicted octanol–water partition coefficient (Wildman–Crippen LogP) is 6.34. The van der Waals surface area contributed by atoms with E-state index in [0.29, 0.717) is 17.2 Å². The van der Waals surface area contributed by atoms with Gasteiger partial charge in [0, 0.05) is 41.4 Å². The van der Waals surface area contributed by atoms with Crippen molar-refractivity contribution in [3.8, 4) is 33.9 Å². The van der Waals surface area contributed by atoms with E-state index in [4.69, 9.17) is 16.3 Å². The highest BCUT2D eigenvalue weighted by molar-refractivity contribution is 7.93. The van der Waals surface area contributed by atoms with Crippen LogP contribution in [0.3, 0.4) is 0 Å². The molecule has 0 aliphatic rings. The third-order valence-corrected chi connectivity index (χ3v) is 8.19. The number of hydrogen-bond donors (Lipinski definition) is 1. The first kappa shape index (κ1) is 28.1. The van der Waals surface area contributed by atoms with Crippen LogP contribution in [0.1, 0.15) is 0 Å². The number of aryl methyl sites for hydroxylation is 1. The Morgan fingerprint density at radius 2 is 1.80 bits per heavy atom. The number of anilines is 1. The van der Waals surface area contributed by atoms with E-state index in [9.17, 15) is 27.1 Å². The summed E-state index contributed by atoms with van der Waals surface area (Å²) >= 11 is 7.22. The van der Waals surface area contributed by atoms with Crippen molar-refractivity contribution < 1.29 is 36.2 Å². The topological polar surface area (TPSA) is 128 Å². The quantitative estimate of drug-likeness (QED) is 0.223. The van der Waals surface area contributed by atoms with Crippen LogP contribution in [-0.2, 0) is 17.1 Å². The van der Waals surface area contributed by atoms with Gasteiger partial charge in [0.25, 0.3) is 10.0 Å². The summed E-state index contributed by atoms with van der Waals surface area (Å²) in [6.07, 6.45) is 2.47. The van der Waals surface area contributed by atoms with E-state index in [1.807, 2.05) is 0 Å². The molecule has 210 valence electrons. The van der Waals surface area contributed by atoms with E-state index in [0.717, 1.165) is 29.5 Å². The average Bonchev–Trinajstić information content (AvgIpc) is 3.59. The number of aromatic nitrogens is 4. The number of rotatable bonds is 7. The molecule has 3 heterocycles. The molecule has 0 atom stereocenters. The molecule has 1 amide bonds. The van der Waals surface area contributed by atoms with Gasteiger partial charge in [-0.2, -0.15) is 5.10 Å². The molecule has 0 fully saturated rings. The summed E-state index contributed by atoms with van der Waals surface area (Å²) in [5.41, 5.74) is 2.62. The second-order valence-electron chi connectivity index (χ2n) is 8.31. The van der Waals surface area contributed by atoms with Crippen molar-refractivity contribution in [3.05, 3.63) is 88.4 Å².